The third-order valence-corrected chi connectivity index (χ3v) is 2.58. The van der Waals surface area contributed by atoms with E-state index in [1.807, 2.05) is 17.8 Å². The van der Waals surface area contributed by atoms with Crippen LogP contribution in [0.15, 0.2) is 36.7 Å². The fourth-order valence-electron chi connectivity index (χ4n) is 1.55. The zero-order valence-electron chi connectivity index (χ0n) is 10.3. The van der Waals surface area contributed by atoms with Gasteiger partial charge in [-0.1, -0.05) is 0 Å². The summed E-state index contributed by atoms with van der Waals surface area (Å²) in [5, 5.41) is 11.5. The van der Waals surface area contributed by atoms with Crippen molar-refractivity contribution in [2.75, 3.05) is 0 Å². The summed E-state index contributed by atoms with van der Waals surface area (Å²) in [5.41, 5.74) is 7.11. The van der Waals surface area contributed by atoms with Gasteiger partial charge in [-0.25, -0.2) is 0 Å². The summed E-state index contributed by atoms with van der Waals surface area (Å²) in [6, 6.07) is 7.15. The number of nitrogens with zero attached hydrogens (tertiary/aromatic N) is 2. The lowest BCUT2D eigenvalue weighted by Gasteiger charge is -2.05. The standard InChI is InChI=1S/C13H16N4O/c1-2-17-8-10(7-16-17)9-18-12-5-3-11(4-6-12)13(14)15/h3-8H,2,9H2,1H3,(H3,14,15). The van der Waals surface area contributed by atoms with Crippen LogP contribution >= 0.6 is 0 Å². The SMILES string of the molecule is CCn1cc(COc2ccc(C(=N)N)cc2)cn1. The van der Waals surface area contributed by atoms with Crippen LogP contribution in [-0.4, -0.2) is 15.6 Å². The lowest BCUT2D eigenvalue weighted by atomic mass is 10.2. The predicted molar refractivity (Wildman–Crippen MR) is 69.7 cm³/mol. The number of ether oxygens (including phenoxy) is 1. The summed E-state index contributed by atoms with van der Waals surface area (Å²) in [6.45, 7) is 3.38. The summed E-state index contributed by atoms with van der Waals surface area (Å²) in [5.74, 6) is 0.815. The molecule has 1 heterocycles. The van der Waals surface area contributed by atoms with Crippen molar-refractivity contribution in [2.24, 2.45) is 5.73 Å². The van der Waals surface area contributed by atoms with Crippen LogP contribution in [0.4, 0.5) is 0 Å². The maximum Gasteiger partial charge on any atom is 0.122 e. The maximum atomic E-state index is 7.29. The van der Waals surface area contributed by atoms with Gasteiger partial charge in [-0.3, -0.25) is 10.1 Å². The largest absolute Gasteiger partial charge is 0.489 e. The number of aryl methyl sites for hydroxylation is 1. The first-order valence-electron chi connectivity index (χ1n) is 5.77. The Morgan fingerprint density at radius 2 is 2.11 bits per heavy atom. The average molecular weight is 244 g/mol. The molecule has 0 fully saturated rings. The van der Waals surface area contributed by atoms with Crippen LogP contribution in [0.5, 0.6) is 5.75 Å². The van der Waals surface area contributed by atoms with E-state index < -0.39 is 0 Å². The highest BCUT2D eigenvalue weighted by molar-refractivity contribution is 5.94. The van der Waals surface area contributed by atoms with Crippen LogP contribution in [0.2, 0.25) is 0 Å². The van der Waals surface area contributed by atoms with Crippen LogP contribution < -0.4 is 10.5 Å². The number of nitrogens with two attached hydrogens (primary N) is 1. The van der Waals surface area contributed by atoms with Gasteiger partial charge in [0.2, 0.25) is 0 Å². The summed E-state index contributed by atoms with van der Waals surface area (Å²) in [4.78, 5) is 0. The Labute approximate surface area is 106 Å². The third kappa shape index (κ3) is 2.88. The molecule has 0 spiro atoms. The molecule has 0 unspecified atom stereocenters. The van der Waals surface area contributed by atoms with Crippen molar-refractivity contribution >= 4 is 5.84 Å². The molecule has 0 aliphatic heterocycles. The second-order valence-corrected chi connectivity index (χ2v) is 3.93. The lowest BCUT2D eigenvalue weighted by molar-refractivity contribution is 0.306. The third-order valence-electron chi connectivity index (χ3n) is 2.58. The zero-order valence-corrected chi connectivity index (χ0v) is 10.3. The van der Waals surface area contributed by atoms with Gasteiger partial charge in [0.05, 0.1) is 6.20 Å². The van der Waals surface area contributed by atoms with Gasteiger partial charge in [0.15, 0.2) is 0 Å². The van der Waals surface area contributed by atoms with E-state index in [9.17, 15) is 0 Å². The minimum atomic E-state index is 0.0609. The highest BCUT2D eigenvalue weighted by Crippen LogP contribution is 2.13. The number of hydrogen-bond acceptors (Lipinski definition) is 3. The van der Waals surface area contributed by atoms with Crippen molar-refractivity contribution in [1.29, 1.82) is 5.41 Å². The van der Waals surface area contributed by atoms with Crippen LogP contribution in [0, 0.1) is 5.41 Å². The van der Waals surface area contributed by atoms with E-state index in [0.29, 0.717) is 12.2 Å². The molecule has 0 aliphatic carbocycles. The van der Waals surface area contributed by atoms with Crippen molar-refractivity contribution in [2.45, 2.75) is 20.1 Å². The van der Waals surface area contributed by atoms with E-state index in [2.05, 4.69) is 5.10 Å². The quantitative estimate of drug-likeness (QED) is 0.621. The first-order chi connectivity index (χ1) is 8.69. The van der Waals surface area contributed by atoms with Gasteiger partial charge in [-0.05, 0) is 31.2 Å². The highest BCUT2D eigenvalue weighted by atomic mass is 16.5. The fourth-order valence-corrected chi connectivity index (χ4v) is 1.55. The molecule has 5 heteroatoms. The Balaban J connectivity index is 1.95. The molecule has 0 atom stereocenters. The second-order valence-electron chi connectivity index (χ2n) is 3.93. The molecule has 2 rings (SSSR count). The van der Waals surface area contributed by atoms with Crippen LogP contribution in [0.3, 0.4) is 0 Å². The maximum absolute atomic E-state index is 7.29. The molecule has 18 heavy (non-hydrogen) atoms. The van der Waals surface area contributed by atoms with Gasteiger partial charge in [-0.15, -0.1) is 0 Å². The fraction of sp³-hybridized carbons (Fsp3) is 0.231. The number of hydrogen-bond donors (Lipinski definition) is 2. The van der Waals surface area contributed by atoms with Gasteiger partial charge in [0, 0.05) is 23.9 Å². The number of rotatable bonds is 5. The molecule has 2 aromatic rings. The Hall–Kier alpha value is -2.30. The Morgan fingerprint density at radius 3 is 2.67 bits per heavy atom. The van der Waals surface area contributed by atoms with Gasteiger partial charge in [0.1, 0.15) is 18.2 Å². The average Bonchev–Trinajstić information content (AvgIpc) is 2.85. The summed E-state index contributed by atoms with van der Waals surface area (Å²) in [7, 11) is 0. The van der Waals surface area contributed by atoms with Gasteiger partial charge < -0.3 is 10.5 Å². The van der Waals surface area contributed by atoms with Crippen molar-refractivity contribution in [3.8, 4) is 5.75 Å². The molecule has 1 aromatic carbocycles. The van der Waals surface area contributed by atoms with Crippen molar-refractivity contribution in [1.82, 2.24) is 9.78 Å². The molecular weight excluding hydrogens is 228 g/mol. The predicted octanol–water partition coefficient (Wildman–Crippen LogP) is 1.77. The highest BCUT2D eigenvalue weighted by Gasteiger charge is 2.00. The van der Waals surface area contributed by atoms with Crippen molar-refractivity contribution < 1.29 is 4.74 Å². The first kappa shape index (κ1) is 12.2. The number of nitrogen functional groups attached to an aromatic ring is 1. The van der Waals surface area contributed by atoms with E-state index in [1.165, 1.54) is 0 Å². The minimum Gasteiger partial charge on any atom is -0.489 e. The molecule has 3 N–H and O–H groups in total. The monoisotopic (exact) mass is 244 g/mol. The number of amidine groups is 1. The molecule has 0 aliphatic rings. The molecular formula is C13H16N4O. The zero-order chi connectivity index (χ0) is 13.0. The normalized spacial score (nSPS) is 10.3. The second kappa shape index (κ2) is 5.35. The summed E-state index contributed by atoms with van der Waals surface area (Å²) >= 11 is 0. The Kier molecular flexibility index (Phi) is 3.62. The summed E-state index contributed by atoms with van der Waals surface area (Å²) < 4.78 is 7.48. The van der Waals surface area contributed by atoms with Gasteiger partial charge >= 0.3 is 0 Å². The van der Waals surface area contributed by atoms with E-state index in [1.54, 1.807) is 30.5 Å². The van der Waals surface area contributed by atoms with Gasteiger partial charge in [0.25, 0.3) is 0 Å². The smallest absolute Gasteiger partial charge is 0.122 e. The first-order valence-corrected chi connectivity index (χ1v) is 5.77. The number of aromatic nitrogens is 2. The van der Waals surface area contributed by atoms with Gasteiger partial charge in [-0.2, -0.15) is 5.10 Å². The molecule has 5 nitrogen and oxygen atoms in total. The molecule has 1 aromatic heterocycles. The van der Waals surface area contributed by atoms with Crippen molar-refractivity contribution in [3.05, 3.63) is 47.8 Å². The van der Waals surface area contributed by atoms with E-state index in [-0.39, 0.29) is 5.84 Å². The Bertz CT molecular complexity index is 530. The van der Waals surface area contributed by atoms with E-state index in [4.69, 9.17) is 15.9 Å². The Morgan fingerprint density at radius 1 is 1.39 bits per heavy atom. The molecule has 0 radical (unpaired) electrons. The van der Waals surface area contributed by atoms with E-state index in [0.717, 1.165) is 17.9 Å². The van der Waals surface area contributed by atoms with Crippen LogP contribution in [0.1, 0.15) is 18.1 Å². The van der Waals surface area contributed by atoms with Crippen LogP contribution in [-0.2, 0) is 13.2 Å². The molecule has 0 bridgehead atoms. The molecule has 94 valence electrons. The number of benzene rings is 1. The lowest BCUT2D eigenvalue weighted by Crippen LogP contribution is -2.10. The van der Waals surface area contributed by atoms with Crippen molar-refractivity contribution in [3.63, 3.8) is 0 Å². The van der Waals surface area contributed by atoms with E-state index >= 15 is 0 Å². The minimum absolute atomic E-state index is 0.0609. The topological polar surface area (TPSA) is 76.9 Å². The molecule has 0 saturated heterocycles. The summed E-state index contributed by atoms with van der Waals surface area (Å²) in [6.07, 6.45) is 3.76. The van der Waals surface area contributed by atoms with Crippen LogP contribution in [0.25, 0.3) is 0 Å². The number of nitrogens with one attached hydrogen (secondary N) is 1. The molecule has 0 amide bonds. The molecule has 0 saturated carbocycles.